The summed E-state index contributed by atoms with van der Waals surface area (Å²) in [6.07, 6.45) is 0. The van der Waals surface area contributed by atoms with E-state index in [1.807, 2.05) is 38.2 Å². The van der Waals surface area contributed by atoms with Crippen molar-refractivity contribution < 1.29 is 0 Å². The van der Waals surface area contributed by atoms with E-state index in [-0.39, 0.29) is 6.04 Å². The van der Waals surface area contributed by atoms with Gasteiger partial charge in [0, 0.05) is 7.05 Å². The summed E-state index contributed by atoms with van der Waals surface area (Å²) in [5, 5.41) is 3.96. The van der Waals surface area contributed by atoms with Crippen molar-refractivity contribution in [1.82, 2.24) is 14.5 Å². The van der Waals surface area contributed by atoms with Gasteiger partial charge in [0.05, 0.1) is 28.5 Å². The number of halogens is 1. The third-order valence-corrected chi connectivity index (χ3v) is 3.84. The molecule has 2 aromatic heterocycles. The third kappa shape index (κ3) is 2.59. The number of rotatable bonds is 3. The number of aryl methyl sites for hydroxylation is 2. The lowest BCUT2D eigenvalue weighted by Crippen LogP contribution is -2.13. The van der Waals surface area contributed by atoms with Gasteiger partial charge in [-0.05, 0) is 38.1 Å². The molecule has 0 aliphatic heterocycles. The first-order valence-corrected chi connectivity index (χ1v) is 7.25. The fourth-order valence-corrected chi connectivity index (χ4v) is 2.72. The van der Waals surface area contributed by atoms with E-state index in [1.54, 1.807) is 6.07 Å². The number of hydrogen-bond donors (Lipinski definition) is 1. The SMILES string of the molecule is Cc1nc(Cl)ccc1NC(C)c1nc2ccccc2n1C. The predicted octanol–water partition coefficient (Wildman–Crippen LogP) is 4.10. The molecule has 3 aromatic rings. The van der Waals surface area contributed by atoms with Crippen LogP contribution in [0.25, 0.3) is 11.0 Å². The molecular weight excluding hydrogens is 284 g/mol. The van der Waals surface area contributed by atoms with Crippen LogP contribution < -0.4 is 5.32 Å². The minimum Gasteiger partial charge on any atom is -0.374 e. The molecule has 0 saturated carbocycles. The number of benzene rings is 1. The van der Waals surface area contributed by atoms with Gasteiger partial charge < -0.3 is 9.88 Å². The van der Waals surface area contributed by atoms with Crippen LogP contribution in [-0.2, 0) is 7.05 Å². The zero-order valence-electron chi connectivity index (χ0n) is 12.3. The first kappa shape index (κ1) is 13.9. The van der Waals surface area contributed by atoms with Gasteiger partial charge in [0.1, 0.15) is 11.0 Å². The van der Waals surface area contributed by atoms with Crippen LogP contribution in [0.5, 0.6) is 0 Å². The van der Waals surface area contributed by atoms with Crippen molar-refractivity contribution in [1.29, 1.82) is 0 Å². The first-order valence-electron chi connectivity index (χ1n) is 6.87. The number of nitrogens with one attached hydrogen (secondary N) is 1. The standard InChI is InChI=1S/C16H17ClN4/c1-10-12(8-9-15(17)19-10)18-11(2)16-20-13-6-4-5-7-14(13)21(16)3/h4-9,11,18H,1-3H3. The van der Waals surface area contributed by atoms with Crippen LogP contribution in [0.1, 0.15) is 24.5 Å². The lowest BCUT2D eigenvalue weighted by molar-refractivity contribution is 0.732. The molecule has 0 aliphatic rings. The van der Waals surface area contributed by atoms with E-state index in [0.29, 0.717) is 5.15 Å². The molecule has 4 nitrogen and oxygen atoms in total. The minimum absolute atomic E-state index is 0.0732. The highest BCUT2D eigenvalue weighted by Crippen LogP contribution is 2.24. The summed E-state index contributed by atoms with van der Waals surface area (Å²) in [4.78, 5) is 8.97. The summed E-state index contributed by atoms with van der Waals surface area (Å²) in [7, 11) is 2.04. The molecule has 0 aliphatic carbocycles. The van der Waals surface area contributed by atoms with Gasteiger partial charge in [0.15, 0.2) is 0 Å². The van der Waals surface area contributed by atoms with E-state index in [2.05, 4.69) is 27.9 Å². The Morgan fingerprint density at radius 3 is 2.62 bits per heavy atom. The highest BCUT2D eigenvalue weighted by atomic mass is 35.5. The Hall–Kier alpha value is -2.07. The van der Waals surface area contributed by atoms with Crippen LogP contribution in [-0.4, -0.2) is 14.5 Å². The molecule has 3 rings (SSSR count). The zero-order valence-corrected chi connectivity index (χ0v) is 13.0. The van der Waals surface area contributed by atoms with Crippen molar-refractivity contribution in [3.8, 4) is 0 Å². The highest BCUT2D eigenvalue weighted by Gasteiger charge is 2.15. The first-order chi connectivity index (χ1) is 10.1. The number of anilines is 1. The molecule has 1 unspecified atom stereocenters. The smallest absolute Gasteiger partial charge is 0.131 e. The lowest BCUT2D eigenvalue weighted by atomic mass is 10.2. The Kier molecular flexibility index (Phi) is 3.55. The maximum absolute atomic E-state index is 5.89. The fourth-order valence-electron chi connectivity index (χ4n) is 2.53. The largest absolute Gasteiger partial charge is 0.374 e. The molecule has 5 heteroatoms. The predicted molar refractivity (Wildman–Crippen MR) is 86.7 cm³/mol. The Morgan fingerprint density at radius 1 is 1.14 bits per heavy atom. The van der Waals surface area contributed by atoms with E-state index in [0.717, 1.165) is 28.2 Å². The highest BCUT2D eigenvalue weighted by molar-refractivity contribution is 6.29. The molecule has 1 atom stereocenters. The third-order valence-electron chi connectivity index (χ3n) is 3.63. The molecule has 108 valence electrons. The summed E-state index contributed by atoms with van der Waals surface area (Å²) < 4.78 is 2.12. The maximum Gasteiger partial charge on any atom is 0.131 e. The monoisotopic (exact) mass is 300 g/mol. The second kappa shape index (κ2) is 5.37. The summed E-state index contributed by atoms with van der Waals surface area (Å²) in [6, 6.07) is 11.9. The van der Waals surface area contributed by atoms with Gasteiger partial charge in [-0.3, -0.25) is 0 Å². The van der Waals surface area contributed by atoms with Crippen LogP contribution >= 0.6 is 11.6 Å². The summed E-state index contributed by atoms with van der Waals surface area (Å²) >= 11 is 5.89. The average Bonchev–Trinajstić information content (AvgIpc) is 2.80. The fraction of sp³-hybridized carbons (Fsp3) is 0.250. The Bertz CT molecular complexity index is 794. The number of fused-ring (bicyclic) bond motifs is 1. The van der Waals surface area contributed by atoms with Crippen LogP contribution in [0.4, 0.5) is 5.69 Å². The maximum atomic E-state index is 5.89. The van der Waals surface area contributed by atoms with Gasteiger partial charge in [-0.25, -0.2) is 9.97 Å². The van der Waals surface area contributed by atoms with Crippen molar-refractivity contribution in [2.75, 3.05) is 5.32 Å². The molecular formula is C16H17ClN4. The van der Waals surface area contributed by atoms with Gasteiger partial charge >= 0.3 is 0 Å². The van der Waals surface area contributed by atoms with Crippen LogP contribution in [0.15, 0.2) is 36.4 Å². The molecule has 2 heterocycles. The number of nitrogens with zero attached hydrogens (tertiary/aromatic N) is 3. The molecule has 1 N–H and O–H groups in total. The summed E-state index contributed by atoms with van der Waals surface area (Å²) in [5.41, 5.74) is 3.99. The zero-order chi connectivity index (χ0) is 15.0. The minimum atomic E-state index is 0.0732. The number of para-hydroxylation sites is 2. The van der Waals surface area contributed by atoms with Crippen LogP contribution in [0, 0.1) is 6.92 Å². The number of imidazole rings is 1. The number of hydrogen-bond acceptors (Lipinski definition) is 3. The summed E-state index contributed by atoms with van der Waals surface area (Å²) in [6.45, 7) is 4.03. The molecule has 0 saturated heterocycles. The van der Waals surface area contributed by atoms with Crippen molar-refractivity contribution in [2.45, 2.75) is 19.9 Å². The normalized spacial score (nSPS) is 12.6. The molecule has 0 radical (unpaired) electrons. The second-order valence-corrected chi connectivity index (χ2v) is 5.54. The van der Waals surface area contributed by atoms with E-state index < -0.39 is 0 Å². The average molecular weight is 301 g/mol. The van der Waals surface area contributed by atoms with Gasteiger partial charge in [-0.1, -0.05) is 23.7 Å². The van der Waals surface area contributed by atoms with Crippen molar-refractivity contribution in [3.63, 3.8) is 0 Å². The van der Waals surface area contributed by atoms with Crippen molar-refractivity contribution >= 4 is 28.3 Å². The second-order valence-electron chi connectivity index (χ2n) is 5.15. The Balaban J connectivity index is 1.93. The number of aromatic nitrogens is 3. The summed E-state index contributed by atoms with van der Waals surface area (Å²) in [5.74, 6) is 0.991. The number of pyridine rings is 1. The quantitative estimate of drug-likeness (QED) is 0.740. The molecule has 0 amide bonds. The van der Waals surface area contributed by atoms with Crippen molar-refractivity contribution in [2.24, 2.45) is 7.05 Å². The molecule has 1 aromatic carbocycles. The van der Waals surface area contributed by atoms with Gasteiger partial charge in [0.25, 0.3) is 0 Å². The Morgan fingerprint density at radius 2 is 1.90 bits per heavy atom. The van der Waals surface area contributed by atoms with E-state index >= 15 is 0 Å². The van der Waals surface area contributed by atoms with Gasteiger partial charge in [-0.15, -0.1) is 0 Å². The van der Waals surface area contributed by atoms with Crippen LogP contribution in [0.3, 0.4) is 0 Å². The van der Waals surface area contributed by atoms with E-state index in [1.165, 1.54) is 0 Å². The van der Waals surface area contributed by atoms with Gasteiger partial charge in [0.2, 0.25) is 0 Å². The topological polar surface area (TPSA) is 42.7 Å². The Labute approximate surface area is 128 Å². The lowest BCUT2D eigenvalue weighted by Gasteiger charge is -2.16. The molecule has 0 bridgehead atoms. The van der Waals surface area contributed by atoms with Gasteiger partial charge in [-0.2, -0.15) is 0 Å². The molecule has 0 spiro atoms. The molecule has 21 heavy (non-hydrogen) atoms. The van der Waals surface area contributed by atoms with E-state index in [4.69, 9.17) is 16.6 Å². The van der Waals surface area contributed by atoms with Crippen LogP contribution in [0.2, 0.25) is 5.15 Å². The van der Waals surface area contributed by atoms with E-state index in [9.17, 15) is 0 Å². The molecule has 0 fully saturated rings. The van der Waals surface area contributed by atoms with Crippen molar-refractivity contribution in [3.05, 3.63) is 53.1 Å².